The molecule has 0 aliphatic heterocycles. The summed E-state index contributed by atoms with van der Waals surface area (Å²) in [6.07, 6.45) is 2.18. The number of halogens is 1. The number of hydrogen-bond donors (Lipinski definition) is 1. The Balaban J connectivity index is 2.11. The molecule has 0 fully saturated rings. The van der Waals surface area contributed by atoms with Gasteiger partial charge in [0.2, 0.25) is 0 Å². The summed E-state index contributed by atoms with van der Waals surface area (Å²) in [5.41, 5.74) is 2.45. The fraction of sp³-hybridized carbons (Fsp3) is 0.500. The van der Waals surface area contributed by atoms with E-state index in [0.717, 1.165) is 30.2 Å². The highest BCUT2D eigenvalue weighted by molar-refractivity contribution is 6.31. The highest BCUT2D eigenvalue weighted by atomic mass is 35.5. The molecule has 0 unspecified atom stereocenters. The maximum atomic E-state index is 6.13. The van der Waals surface area contributed by atoms with E-state index in [9.17, 15) is 0 Å². The molecule has 2 aromatic rings. The molecule has 116 valence electrons. The largest absolute Gasteiger partial charge is 0.382 e. The third-order valence-electron chi connectivity index (χ3n) is 3.40. The molecule has 21 heavy (non-hydrogen) atoms. The molecule has 0 radical (unpaired) electrons. The van der Waals surface area contributed by atoms with Crippen LogP contribution >= 0.6 is 11.6 Å². The van der Waals surface area contributed by atoms with Crippen molar-refractivity contribution in [2.45, 2.75) is 20.0 Å². The average Bonchev–Trinajstić information content (AvgIpc) is 2.82. The molecule has 0 spiro atoms. The molecule has 0 aliphatic carbocycles. The molecule has 1 aromatic carbocycles. The monoisotopic (exact) mass is 310 g/mol. The van der Waals surface area contributed by atoms with Crippen LogP contribution in [0.25, 0.3) is 10.9 Å². The van der Waals surface area contributed by atoms with Gasteiger partial charge in [0, 0.05) is 42.3 Å². The van der Waals surface area contributed by atoms with Crippen LogP contribution in [0, 0.1) is 0 Å². The van der Waals surface area contributed by atoms with Crippen molar-refractivity contribution in [3.63, 3.8) is 0 Å². The van der Waals surface area contributed by atoms with Crippen LogP contribution in [0.4, 0.5) is 0 Å². The molecule has 4 nitrogen and oxygen atoms in total. The van der Waals surface area contributed by atoms with Gasteiger partial charge in [0.15, 0.2) is 0 Å². The van der Waals surface area contributed by atoms with Crippen molar-refractivity contribution in [1.29, 1.82) is 0 Å². The van der Waals surface area contributed by atoms with E-state index < -0.39 is 0 Å². The molecule has 2 rings (SSSR count). The SMILES string of the molecule is CCNCc1cn(CCOCCOC)c2cc(Cl)ccc12. The second-order valence-corrected chi connectivity index (χ2v) is 5.33. The summed E-state index contributed by atoms with van der Waals surface area (Å²) in [5.74, 6) is 0. The number of methoxy groups -OCH3 is 1. The lowest BCUT2D eigenvalue weighted by atomic mass is 10.2. The third kappa shape index (κ3) is 4.45. The lowest BCUT2D eigenvalue weighted by molar-refractivity contribution is 0.0670. The van der Waals surface area contributed by atoms with Crippen LogP contribution in [0.15, 0.2) is 24.4 Å². The van der Waals surface area contributed by atoms with E-state index in [1.54, 1.807) is 7.11 Å². The van der Waals surface area contributed by atoms with Crippen LogP contribution in [0.2, 0.25) is 5.02 Å². The van der Waals surface area contributed by atoms with Gasteiger partial charge in [-0.2, -0.15) is 0 Å². The Bertz CT molecular complexity index is 569. The molecular weight excluding hydrogens is 288 g/mol. The summed E-state index contributed by atoms with van der Waals surface area (Å²) < 4.78 is 12.7. The van der Waals surface area contributed by atoms with E-state index in [0.29, 0.717) is 19.8 Å². The summed E-state index contributed by atoms with van der Waals surface area (Å²) in [7, 11) is 1.68. The van der Waals surface area contributed by atoms with Gasteiger partial charge >= 0.3 is 0 Å². The van der Waals surface area contributed by atoms with Crippen molar-refractivity contribution >= 4 is 22.5 Å². The first kappa shape index (κ1) is 16.3. The Labute approximate surface area is 131 Å². The number of nitrogens with one attached hydrogen (secondary N) is 1. The molecule has 0 amide bonds. The maximum absolute atomic E-state index is 6.13. The first-order valence-electron chi connectivity index (χ1n) is 7.31. The standard InChI is InChI=1S/C16H23ClN2O2/c1-3-18-11-13-12-19(6-7-21-9-8-20-2)16-10-14(17)4-5-15(13)16/h4-5,10,12,18H,3,6-9,11H2,1-2H3. The number of rotatable bonds is 9. The molecule has 1 aromatic heterocycles. The van der Waals surface area contributed by atoms with E-state index in [1.807, 2.05) is 12.1 Å². The second-order valence-electron chi connectivity index (χ2n) is 4.89. The van der Waals surface area contributed by atoms with E-state index in [2.05, 4.69) is 29.1 Å². The molecule has 0 saturated carbocycles. The zero-order valence-electron chi connectivity index (χ0n) is 12.7. The van der Waals surface area contributed by atoms with Crippen LogP contribution < -0.4 is 5.32 Å². The van der Waals surface area contributed by atoms with E-state index in [1.165, 1.54) is 10.9 Å². The first-order valence-corrected chi connectivity index (χ1v) is 7.68. The van der Waals surface area contributed by atoms with Gasteiger partial charge in [-0.15, -0.1) is 0 Å². The fourth-order valence-electron chi connectivity index (χ4n) is 2.33. The van der Waals surface area contributed by atoms with Crippen LogP contribution in [-0.2, 0) is 22.6 Å². The first-order chi connectivity index (χ1) is 10.3. The summed E-state index contributed by atoms with van der Waals surface area (Å²) in [6, 6.07) is 6.05. The van der Waals surface area contributed by atoms with Crippen LogP contribution in [0.3, 0.4) is 0 Å². The van der Waals surface area contributed by atoms with Crippen molar-refractivity contribution in [3.8, 4) is 0 Å². The normalized spacial score (nSPS) is 11.4. The minimum atomic E-state index is 0.626. The van der Waals surface area contributed by atoms with Gasteiger partial charge < -0.3 is 19.4 Å². The van der Waals surface area contributed by atoms with Crippen LogP contribution in [-0.4, -0.2) is 38.0 Å². The predicted octanol–water partition coefficient (Wildman–Crippen LogP) is 3.07. The summed E-state index contributed by atoms with van der Waals surface area (Å²) >= 11 is 6.13. The summed E-state index contributed by atoms with van der Waals surface area (Å²) in [4.78, 5) is 0. The van der Waals surface area contributed by atoms with Gasteiger partial charge in [0.25, 0.3) is 0 Å². The van der Waals surface area contributed by atoms with Gasteiger partial charge in [0.1, 0.15) is 0 Å². The molecule has 0 aliphatic rings. The van der Waals surface area contributed by atoms with Gasteiger partial charge in [0.05, 0.1) is 19.8 Å². The van der Waals surface area contributed by atoms with E-state index in [4.69, 9.17) is 21.1 Å². The average molecular weight is 311 g/mol. The predicted molar refractivity (Wildman–Crippen MR) is 87.0 cm³/mol. The number of fused-ring (bicyclic) bond motifs is 1. The van der Waals surface area contributed by atoms with Crippen LogP contribution in [0.5, 0.6) is 0 Å². The van der Waals surface area contributed by atoms with Crippen molar-refractivity contribution in [2.24, 2.45) is 0 Å². The number of nitrogens with zero attached hydrogens (tertiary/aromatic N) is 1. The quantitative estimate of drug-likeness (QED) is 0.723. The molecule has 1 N–H and O–H groups in total. The molecular formula is C16H23ClN2O2. The lowest BCUT2D eigenvalue weighted by Crippen LogP contribution is -2.11. The van der Waals surface area contributed by atoms with Gasteiger partial charge in [-0.3, -0.25) is 0 Å². The molecule has 1 heterocycles. The number of aromatic nitrogens is 1. The van der Waals surface area contributed by atoms with Crippen molar-refractivity contribution in [2.75, 3.05) is 33.5 Å². The topological polar surface area (TPSA) is 35.4 Å². The van der Waals surface area contributed by atoms with Gasteiger partial charge in [-0.25, -0.2) is 0 Å². The zero-order valence-corrected chi connectivity index (χ0v) is 13.4. The minimum absolute atomic E-state index is 0.626. The number of hydrogen-bond acceptors (Lipinski definition) is 3. The molecule has 0 atom stereocenters. The Morgan fingerprint density at radius 2 is 2.10 bits per heavy atom. The fourth-order valence-corrected chi connectivity index (χ4v) is 2.50. The number of ether oxygens (including phenoxy) is 2. The third-order valence-corrected chi connectivity index (χ3v) is 3.64. The number of benzene rings is 1. The highest BCUT2D eigenvalue weighted by Crippen LogP contribution is 2.24. The maximum Gasteiger partial charge on any atom is 0.0701 e. The van der Waals surface area contributed by atoms with E-state index in [-0.39, 0.29) is 0 Å². The second kappa shape index (κ2) is 8.39. The Morgan fingerprint density at radius 1 is 1.24 bits per heavy atom. The van der Waals surface area contributed by atoms with Crippen molar-refractivity contribution in [3.05, 3.63) is 35.0 Å². The highest BCUT2D eigenvalue weighted by Gasteiger charge is 2.08. The van der Waals surface area contributed by atoms with Crippen LogP contribution in [0.1, 0.15) is 12.5 Å². The van der Waals surface area contributed by atoms with Gasteiger partial charge in [-0.05, 0) is 24.2 Å². The van der Waals surface area contributed by atoms with E-state index >= 15 is 0 Å². The van der Waals surface area contributed by atoms with Gasteiger partial charge in [-0.1, -0.05) is 24.6 Å². The molecule has 0 saturated heterocycles. The Morgan fingerprint density at radius 3 is 2.86 bits per heavy atom. The smallest absolute Gasteiger partial charge is 0.0701 e. The van der Waals surface area contributed by atoms with Crippen molar-refractivity contribution in [1.82, 2.24) is 9.88 Å². The lowest BCUT2D eigenvalue weighted by Gasteiger charge is -2.06. The molecule has 5 heteroatoms. The summed E-state index contributed by atoms with van der Waals surface area (Å²) in [6.45, 7) is 6.67. The molecule has 0 bridgehead atoms. The Kier molecular flexibility index (Phi) is 6.51. The zero-order chi connectivity index (χ0) is 15.1. The van der Waals surface area contributed by atoms with Crippen molar-refractivity contribution < 1.29 is 9.47 Å². The minimum Gasteiger partial charge on any atom is -0.382 e. The summed E-state index contributed by atoms with van der Waals surface area (Å²) in [5, 5.41) is 5.38. The Hall–Kier alpha value is -1.07.